The first-order valence-corrected chi connectivity index (χ1v) is 7.64. The summed E-state index contributed by atoms with van der Waals surface area (Å²) in [5, 5.41) is 0. The molecule has 0 aromatic heterocycles. The average Bonchev–Trinajstić information content (AvgIpc) is 2.39. The van der Waals surface area contributed by atoms with Gasteiger partial charge in [0.25, 0.3) is 0 Å². The van der Waals surface area contributed by atoms with E-state index in [1.165, 1.54) is 0 Å². The summed E-state index contributed by atoms with van der Waals surface area (Å²) in [4.78, 5) is 0. The Morgan fingerprint density at radius 2 is 1.84 bits per heavy atom. The fourth-order valence-corrected chi connectivity index (χ4v) is 2.05. The van der Waals surface area contributed by atoms with Gasteiger partial charge in [-0.25, -0.2) is 0 Å². The highest BCUT2D eigenvalue weighted by atomic mass is 79.9. The average molecular weight is 330 g/mol. The van der Waals surface area contributed by atoms with Crippen LogP contribution in [-0.4, -0.2) is 25.9 Å². The molecule has 0 aliphatic heterocycles. The van der Waals surface area contributed by atoms with Gasteiger partial charge in [0, 0.05) is 17.1 Å². The predicted octanol–water partition coefficient (Wildman–Crippen LogP) is 3.67. The van der Waals surface area contributed by atoms with Crippen molar-refractivity contribution in [2.75, 3.05) is 19.8 Å². The van der Waals surface area contributed by atoms with Crippen LogP contribution in [0.3, 0.4) is 0 Å². The molecule has 0 spiro atoms. The largest absolute Gasteiger partial charge is 0.379 e. The van der Waals surface area contributed by atoms with Crippen LogP contribution in [0.1, 0.15) is 38.4 Å². The number of hydrogen-bond donors (Lipinski definition) is 1. The number of hydrogen-bond acceptors (Lipinski definition) is 3. The SMILES string of the molecule is CCCCOCCOC(c1ccc(Br)cc1)C(C)N. The molecule has 1 aromatic carbocycles. The van der Waals surface area contributed by atoms with Crippen LogP contribution in [0.25, 0.3) is 0 Å². The summed E-state index contributed by atoms with van der Waals surface area (Å²) in [6.07, 6.45) is 2.17. The molecule has 108 valence electrons. The summed E-state index contributed by atoms with van der Waals surface area (Å²) in [7, 11) is 0. The molecule has 4 heteroatoms. The van der Waals surface area contributed by atoms with Crippen LogP contribution in [-0.2, 0) is 9.47 Å². The summed E-state index contributed by atoms with van der Waals surface area (Å²) < 4.78 is 12.4. The van der Waals surface area contributed by atoms with Crippen molar-refractivity contribution < 1.29 is 9.47 Å². The zero-order valence-electron chi connectivity index (χ0n) is 11.8. The normalized spacial score (nSPS) is 14.3. The maximum atomic E-state index is 5.99. The molecular formula is C15H24BrNO2. The van der Waals surface area contributed by atoms with Gasteiger partial charge >= 0.3 is 0 Å². The Hall–Kier alpha value is -0.420. The molecule has 1 rings (SSSR count). The van der Waals surface area contributed by atoms with Crippen molar-refractivity contribution in [2.24, 2.45) is 5.73 Å². The lowest BCUT2D eigenvalue weighted by Crippen LogP contribution is -2.28. The Morgan fingerprint density at radius 3 is 2.42 bits per heavy atom. The van der Waals surface area contributed by atoms with Gasteiger partial charge in [0.15, 0.2) is 0 Å². The molecule has 2 atom stereocenters. The van der Waals surface area contributed by atoms with Gasteiger partial charge in [0.05, 0.1) is 19.3 Å². The van der Waals surface area contributed by atoms with Gasteiger partial charge in [-0.15, -0.1) is 0 Å². The topological polar surface area (TPSA) is 44.5 Å². The first-order chi connectivity index (χ1) is 9.15. The third-order valence-electron chi connectivity index (χ3n) is 2.84. The van der Waals surface area contributed by atoms with E-state index in [-0.39, 0.29) is 12.1 Å². The quantitative estimate of drug-likeness (QED) is 0.703. The van der Waals surface area contributed by atoms with Crippen LogP contribution in [0.2, 0.25) is 0 Å². The second kappa shape index (κ2) is 9.48. The maximum absolute atomic E-state index is 5.99. The van der Waals surface area contributed by atoms with Gasteiger partial charge in [0.2, 0.25) is 0 Å². The third-order valence-corrected chi connectivity index (χ3v) is 3.37. The minimum atomic E-state index is -0.0807. The minimum Gasteiger partial charge on any atom is -0.379 e. The van der Waals surface area contributed by atoms with E-state index in [9.17, 15) is 0 Å². The van der Waals surface area contributed by atoms with Crippen LogP contribution < -0.4 is 5.73 Å². The molecule has 2 N–H and O–H groups in total. The Balaban J connectivity index is 2.39. The van der Waals surface area contributed by atoms with E-state index in [1.807, 2.05) is 31.2 Å². The molecule has 0 heterocycles. The van der Waals surface area contributed by atoms with Crippen LogP contribution in [0, 0.1) is 0 Å². The number of halogens is 1. The maximum Gasteiger partial charge on any atom is 0.0974 e. The lowest BCUT2D eigenvalue weighted by atomic mass is 10.0. The lowest BCUT2D eigenvalue weighted by molar-refractivity contribution is -0.00529. The van der Waals surface area contributed by atoms with Gasteiger partial charge in [-0.1, -0.05) is 41.4 Å². The zero-order chi connectivity index (χ0) is 14.1. The molecule has 19 heavy (non-hydrogen) atoms. The summed E-state index contributed by atoms with van der Waals surface area (Å²) in [5.41, 5.74) is 7.10. The van der Waals surface area contributed by atoms with Gasteiger partial charge < -0.3 is 15.2 Å². The molecule has 0 saturated heterocycles. The molecule has 0 aliphatic carbocycles. The van der Waals surface area contributed by atoms with Crippen LogP contribution in [0.15, 0.2) is 28.7 Å². The van der Waals surface area contributed by atoms with Crippen molar-refractivity contribution in [2.45, 2.75) is 38.8 Å². The highest BCUT2D eigenvalue weighted by Gasteiger charge is 2.16. The molecule has 3 nitrogen and oxygen atoms in total. The van der Waals surface area contributed by atoms with Crippen molar-refractivity contribution >= 4 is 15.9 Å². The number of ether oxygens (including phenoxy) is 2. The number of benzene rings is 1. The monoisotopic (exact) mass is 329 g/mol. The fraction of sp³-hybridized carbons (Fsp3) is 0.600. The first-order valence-electron chi connectivity index (χ1n) is 6.85. The molecule has 1 aromatic rings. The standard InChI is InChI=1S/C15H24BrNO2/c1-3-4-9-18-10-11-19-15(12(2)17)13-5-7-14(16)8-6-13/h5-8,12,15H,3-4,9-11,17H2,1-2H3. The van der Waals surface area contributed by atoms with Crippen LogP contribution in [0.4, 0.5) is 0 Å². The Morgan fingerprint density at radius 1 is 1.16 bits per heavy atom. The van der Waals surface area contributed by atoms with E-state index in [1.54, 1.807) is 0 Å². The van der Waals surface area contributed by atoms with Crippen LogP contribution >= 0.6 is 15.9 Å². The summed E-state index contributed by atoms with van der Waals surface area (Å²) >= 11 is 3.43. The Kier molecular flexibility index (Phi) is 8.30. The summed E-state index contributed by atoms with van der Waals surface area (Å²) in [6.45, 7) is 6.12. The van der Waals surface area contributed by atoms with Gasteiger partial charge in [-0.3, -0.25) is 0 Å². The minimum absolute atomic E-state index is 0.0446. The van der Waals surface area contributed by atoms with E-state index in [0.29, 0.717) is 13.2 Å². The summed E-state index contributed by atoms with van der Waals surface area (Å²) in [5.74, 6) is 0. The van der Waals surface area contributed by atoms with Gasteiger partial charge in [-0.05, 0) is 31.0 Å². The van der Waals surface area contributed by atoms with Gasteiger partial charge in [-0.2, -0.15) is 0 Å². The number of nitrogens with two attached hydrogens (primary N) is 1. The molecule has 0 aliphatic rings. The van der Waals surface area contributed by atoms with Crippen molar-refractivity contribution in [1.29, 1.82) is 0 Å². The second-order valence-corrected chi connectivity index (χ2v) is 5.58. The molecule has 0 fully saturated rings. The van der Waals surface area contributed by atoms with E-state index in [4.69, 9.17) is 15.2 Å². The van der Waals surface area contributed by atoms with Crippen molar-refractivity contribution in [3.05, 3.63) is 34.3 Å². The third kappa shape index (κ3) is 6.52. The zero-order valence-corrected chi connectivity index (χ0v) is 13.4. The Labute approximate surface area is 124 Å². The molecule has 2 unspecified atom stereocenters. The smallest absolute Gasteiger partial charge is 0.0974 e. The van der Waals surface area contributed by atoms with E-state index >= 15 is 0 Å². The molecular weight excluding hydrogens is 306 g/mol. The second-order valence-electron chi connectivity index (χ2n) is 4.67. The molecule has 0 amide bonds. The molecule has 0 radical (unpaired) electrons. The molecule has 0 bridgehead atoms. The van der Waals surface area contributed by atoms with E-state index < -0.39 is 0 Å². The highest BCUT2D eigenvalue weighted by molar-refractivity contribution is 9.10. The Bertz CT molecular complexity index is 341. The highest BCUT2D eigenvalue weighted by Crippen LogP contribution is 2.22. The summed E-state index contributed by atoms with van der Waals surface area (Å²) in [6, 6.07) is 8.04. The number of unbranched alkanes of at least 4 members (excludes halogenated alkanes) is 1. The van der Waals surface area contributed by atoms with Crippen molar-refractivity contribution in [3.63, 3.8) is 0 Å². The van der Waals surface area contributed by atoms with Crippen LogP contribution in [0.5, 0.6) is 0 Å². The predicted molar refractivity (Wildman–Crippen MR) is 82.2 cm³/mol. The van der Waals surface area contributed by atoms with Crippen molar-refractivity contribution in [1.82, 2.24) is 0 Å². The fourth-order valence-electron chi connectivity index (χ4n) is 1.79. The lowest BCUT2D eigenvalue weighted by Gasteiger charge is -2.22. The number of rotatable bonds is 9. The molecule has 0 saturated carbocycles. The van der Waals surface area contributed by atoms with E-state index in [2.05, 4.69) is 22.9 Å². The van der Waals surface area contributed by atoms with Crippen molar-refractivity contribution in [3.8, 4) is 0 Å². The van der Waals surface area contributed by atoms with Gasteiger partial charge in [0.1, 0.15) is 0 Å². The van der Waals surface area contributed by atoms with E-state index in [0.717, 1.165) is 29.5 Å². The first kappa shape index (κ1) is 16.6.